The Balaban J connectivity index is 1.41. The molecule has 8 heteroatoms. The van der Waals surface area contributed by atoms with E-state index in [2.05, 4.69) is 10.6 Å². The van der Waals surface area contributed by atoms with Crippen LogP contribution >= 0.6 is 11.6 Å². The van der Waals surface area contributed by atoms with Crippen LogP contribution in [0.2, 0.25) is 5.02 Å². The third-order valence-corrected chi connectivity index (χ3v) is 6.94. The first-order valence-electron chi connectivity index (χ1n) is 10.3. The van der Waals surface area contributed by atoms with E-state index in [1.54, 1.807) is 18.2 Å². The van der Waals surface area contributed by atoms with Gasteiger partial charge in [-0.15, -0.1) is 0 Å². The highest BCUT2D eigenvalue weighted by Crippen LogP contribution is 2.62. The number of rotatable bonds is 6. The number of nitrogens with one attached hydrogen (secondary N) is 2. The van der Waals surface area contributed by atoms with Crippen LogP contribution in [0.25, 0.3) is 0 Å². The summed E-state index contributed by atoms with van der Waals surface area (Å²) in [5, 5.41) is 6.27. The quantitative estimate of drug-likeness (QED) is 0.670. The summed E-state index contributed by atoms with van der Waals surface area (Å²) in [6.45, 7) is 1.15. The van der Waals surface area contributed by atoms with Crippen molar-refractivity contribution in [1.29, 1.82) is 0 Å². The van der Waals surface area contributed by atoms with Crippen molar-refractivity contribution in [2.45, 2.75) is 51.0 Å². The minimum atomic E-state index is -0.611. The Morgan fingerprint density at radius 2 is 1.87 bits per heavy atom. The second kappa shape index (κ2) is 7.76. The zero-order valence-electron chi connectivity index (χ0n) is 17.3. The molecule has 1 aromatic carbocycles. The van der Waals surface area contributed by atoms with Gasteiger partial charge in [0.1, 0.15) is 5.75 Å². The zero-order valence-corrected chi connectivity index (χ0v) is 18.0. The molecule has 4 aliphatic rings. The topological polar surface area (TPSA) is 93.7 Å². The van der Waals surface area contributed by atoms with E-state index in [9.17, 15) is 14.4 Å². The Labute approximate surface area is 180 Å². The maximum atomic E-state index is 13.1. The molecule has 0 spiro atoms. The van der Waals surface area contributed by atoms with E-state index in [1.807, 2.05) is 0 Å². The van der Waals surface area contributed by atoms with Gasteiger partial charge >= 0.3 is 5.97 Å². The van der Waals surface area contributed by atoms with Crippen LogP contribution < -0.4 is 15.4 Å². The Bertz CT molecular complexity index is 872. The SMILES string of the molecule is COc1ccc(Cl)cc1NC(=O)COC(=O)C12C[C@H]3C[C@@H](CC(NC(C)=O)(C3)C1)C2. The van der Waals surface area contributed by atoms with E-state index in [0.717, 1.165) is 32.1 Å². The molecule has 4 bridgehead atoms. The molecular formula is C22H27ClN2O5. The molecule has 2 N–H and O–H groups in total. The number of benzene rings is 1. The van der Waals surface area contributed by atoms with Gasteiger partial charge in [-0.25, -0.2) is 0 Å². The summed E-state index contributed by atoms with van der Waals surface area (Å²) in [5.74, 6) is 0.447. The molecular weight excluding hydrogens is 408 g/mol. The Morgan fingerprint density at radius 1 is 1.17 bits per heavy atom. The van der Waals surface area contributed by atoms with Gasteiger partial charge in [0, 0.05) is 17.5 Å². The summed E-state index contributed by atoms with van der Waals surface area (Å²) < 4.78 is 10.7. The van der Waals surface area contributed by atoms with E-state index in [4.69, 9.17) is 21.1 Å². The third kappa shape index (κ3) is 4.00. The zero-order chi connectivity index (χ0) is 21.5. The predicted molar refractivity (Wildman–Crippen MR) is 111 cm³/mol. The van der Waals surface area contributed by atoms with Crippen molar-refractivity contribution in [3.63, 3.8) is 0 Å². The molecule has 0 heterocycles. The Hall–Kier alpha value is -2.28. The fourth-order valence-corrected chi connectivity index (χ4v) is 6.44. The summed E-state index contributed by atoms with van der Waals surface area (Å²) in [4.78, 5) is 37.3. The monoisotopic (exact) mass is 434 g/mol. The van der Waals surface area contributed by atoms with Crippen molar-refractivity contribution in [3.05, 3.63) is 23.2 Å². The molecule has 1 aromatic rings. The molecule has 0 aromatic heterocycles. The largest absolute Gasteiger partial charge is 0.495 e. The van der Waals surface area contributed by atoms with Crippen LogP contribution in [0, 0.1) is 17.3 Å². The van der Waals surface area contributed by atoms with E-state index < -0.39 is 11.3 Å². The van der Waals surface area contributed by atoms with E-state index in [1.165, 1.54) is 14.0 Å². The van der Waals surface area contributed by atoms with Gasteiger partial charge in [-0.2, -0.15) is 0 Å². The minimum Gasteiger partial charge on any atom is -0.495 e. The smallest absolute Gasteiger partial charge is 0.312 e. The standard InChI is InChI=1S/C22H27ClN2O5/c1-13(26)25-22-9-14-5-15(10-22)8-21(7-14,12-22)20(28)30-11-19(27)24-17-6-16(23)3-4-18(17)29-2/h3-4,6,14-15H,5,7-12H2,1-2H3,(H,24,27)(H,25,26)/t14-,15-,21?,22?/m1/s1. The number of hydrogen-bond donors (Lipinski definition) is 2. The van der Waals surface area contributed by atoms with Crippen LogP contribution in [0.15, 0.2) is 18.2 Å². The fourth-order valence-electron chi connectivity index (χ4n) is 6.27. The summed E-state index contributed by atoms with van der Waals surface area (Å²) in [6, 6.07) is 4.89. The third-order valence-electron chi connectivity index (χ3n) is 6.71. The highest BCUT2D eigenvalue weighted by Gasteiger charge is 2.61. The number of anilines is 1. The summed E-state index contributed by atoms with van der Waals surface area (Å²) in [7, 11) is 1.50. The van der Waals surface area contributed by atoms with E-state index in [0.29, 0.717) is 34.7 Å². The van der Waals surface area contributed by atoms with Gasteiger partial charge in [0.15, 0.2) is 6.61 Å². The first kappa shape index (κ1) is 21.0. The molecule has 0 unspecified atom stereocenters. The highest BCUT2D eigenvalue weighted by molar-refractivity contribution is 6.31. The summed E-state index contributed by atoms with van der Waals surface area (Å²) >= 11 is 5.99. The molecule has 2 atom stereocenters. The molecule has 2 amide bonds. The van der Waals surface area contributed by atoms with Gasteiger partial charge in [0.25, 0.3) is 5.91 Å². The molecule has 0 radical (unpaired) electrons. The lowest BCUT2D eigenvalue weighted by Gasteiger charge is -2.60. The van der Waals surface area contributed by atoms with Crippen molar-refractivity contribution in [1.82, 2.24) is 5.32 Å². The molecule has 4 saturated carbocycles. The molecule has 4 aliphatic carbocycles. The van der Waals surface area contributed by atoms with Crippen LogP contribution in [0.5, 0.6) is 5.75 Å². The number of ether oxygens (including phenoxy) is 2. The number of methoxy groups -OCH3 is 1. The number of carbonyl (C=O) groups is 3. The van der Waals surface area contributed by atoms with E-state index in [-0.39, 0.29) is 24.0 Å². The van der Waals surface area contributed by atoms with Crippen LogP contribution in [0.4, 0.5) is 5.69 Å². The number of halogens is 1. The van der Waals surface area contributed by atoms with Gasteiger partial charge in [-0.3, -0.25) is 14.4 Å². The van der Waals surface area contributed by atoms with Crippen molar-refractivity contribution in [2.75, 3.05) is 19.0 Å². The van der Waals surface area contributed by atoms with Gasteiger partial charge in [-0.1, -0.05) is 11.6 Å². The van der Waals surface area contributed by atoms with Gasteiger partial charge in [0.05, 0.1) is 18.2 Å². The molecule has 0 aliphatic heterocycles. The first-order valence-corrected chi connectivity index (χ1v) is 10.7. The van der Waals surface area contributed by atoms with Crippen molar-refractivity contribution >= 4 is 35.1 Å². The van der Waals surface area contributed by atoms with Crippen molar-refractivity contribution < 1.29 is 23.9 Å². The van der Waals surface area contributed by atoms with Gasteiger partial charge < -0.3 is 20.1 Å². The van der Waals surface area contributed by atoms with Crippen molar-refractivity contribution in [3.8, 4) is 5.75 Å². The average Bonchev–Trinajstić information content (AvgIpc) is 2.64. The molecule has 0 saturated heterocycles. The number of carbonyl (C=O) groups excluding carboxylic acids is 3. The fraction of sp³-hybridized carbons (Fsp3) is 0.591. The maximum Gasteiger partial charge on any atom is 0.312 e. The Kier molecular flexibility index (Phi) is 5.43. The lowest BCUT2D eigenvalue weighted by Crippen LogP contribution is -2.64. The maximum absolute atomic E-state index is 13.1. The molecule has 162 valence electrons. The van der Waals surface area contributed by atoms with E-state index >= 15 is 0 Å². The normalized spacial score (nSPS) is 31.2. The molecule has 30 heavy (non-hydrogen) atoms. The molecule has 7 nitrogen and oxygen atoms in total. The van der Waals surface area contributed by atoms with Gasteiger partial charge in [-0.05, 0) is 68.6 Å². The highest BCUT2D eigenvalue weighted by atomic mass is 35.5. The van der Waals surface area contributed by atoms with Crippen molar-refractivity contribution in [2.24, 2.45) is 17.3 Å². The number of hydrogen-bond acceptors (Lipinski definition) is 5. The molecule has 4 fully saturated rings. The predicted octanol–water partition coefficient (Wildman–Crippen LogP) is 3.31. The van der Waals surface area contributed by atoms with Crippen LogP contribution in [-0.4, -0.2) is 37.0 Å². The van der Waals surface area contributed by atoms with Crippen LogP contribution in [-0.2, 0) is 19.1 Å². The molecule has 5 rings (SSSR count). The van der Waals surface area contributed by atoms with Crippen LogP contribution in [0.3, 0.4) is 0 Å². The lowest BCUT2D eigenvalue weighted by atomic mass is 9.47. The Morgan fingerprint density at radius 3 is 2.50 bits per heavy atom. The average molecular weight is 435 g/mol. The second-order valence-electron chi connectivity index (χ2n) is 9.17. The number of esters is 1. The number of amides is 2. The van der Waals surface area contributed by atoms with Crippen LogP contribution in [0.1, 0.15) is 45.4 Å². The second-order valence-corrected chi connectivity index (χ2v) is 9.61. The lowest BCUT2D eigenvalue weighted by molar-refractivity contribution is -0.176. The minimum absolute atomic E-state index is 0.0599. The summed E-state index contributed by atoms with van der Waals surface area (Å²) in [6.07, 6.45) is 5.09. The van der Waals surface area contributed by atoms with Gasteiger partial charge in [0.2, 0.25) is 5.91 Å². The first-order chi connectivity index (χ1) is 14.2. The summed E-state index contributed by atoms with van der Waals surface area (Å²) in [5.41, 5.74) is -0.503.